The van der Waals surface area contributed by atoms with E-state index in [2.05, 4.69) is 27.3 Å². The zero-order chi connectivity index (χ0) is 15.6. The van der Waals surface area contributed by atoms with Crippen LogP contribution in [0.4, 0.5) is 4.39 Å². The van der Waals surface area contributed by atoms with Crippen molar-refractivity contribution in [2.45, 2.75) is 26.8 Å². The summed E-state index contributed by atoms with van der Waals surface area (Å²) >= 11 is 9.93. The lowest BCUT2D eigenvalue weighted by molar-refractivity contribution is 0.605. The van der Waals surface area contributed by atoms with Crippen molar-refractivity contribution in [2.24, 2.45) is 0 Å². The molecule has 1 nitrogen and oxygen atoms in total. The molecule has 2 aromatic carbocycles. The number of halogens is 3. The molecular weight excluding hydrogens is 353 g/mol. The van der Waals surface area contributed by atoms with Crippen molar-refractivity contribution in [1.29, 1.82) is 0 Å². The van der Waals surface area contributed by atoms with Crippen molar-refractivity contribution in [3.63, 3.8) is 0 Å². The summed E-state index contributed by atoms with van der Waals surface area (Å²) in [5, 5.41) is 3.88. The van der Waals surface area contributed by atoms with Crippen LogP contribution in [0.2, 0.25) is 5.02 Å². The predicted octanol–water partition coefficient (Wildman–Crippen LogP) is 5.56. The fourth-order valence-corrected chi connectivity index (χ4v) is 3.14. The maximum Gasteiger partial charge on any atom is 0.127 e. The van der Waals surface area contributed by atoms with Crippen LogP contribution in [0.15, 0.2) is 34.8 Å². The molecule has 2 rings (SSSR count). The molecule has 0 bridgehead atoms. The van der Waals surface area contributed by atoms with E-state index in [4.69, 9.17) is 11.6 Å². The largest absolute Gasteiger partial charge is 0.306 e. The van der Waals surface area contributed by atoms with Gasteiger partial charge in [-0.1, -0.05) is 52.7 Å². The number of hydrogen-bond acceptors (Lipinski definition) is 1. The van der Waals surface area contributed by atoms with Crippen molar-refractivity contribution in [2.75, 3.05) is 6.54 Å². The zero-order valence-electron chi connectivity index (χ0n) is 12.3. The van der Waals surface area contributed by atoms with Gasteiger partial charge in [0.1, 0.15) is 5.82 Å². The van der Waals surface area contributed by atoms with E-state index in [-0.39, 0.29) is 11.9 Å². The Morgan fingerprint density at radius 3 is 2.57 bits per heavy atom. The molecule has 0 radical (unpaired) electrons. The van der Waals surface area contributed by atoms with Crippen LogP contribution in [0, 0.1) is 19.7 Å². The zero-order valence-corrected chi connectivity index (χ0v) is 14.6. The molecule has 0 aliphatic rings. The SMILES string of the molecule is CCNC(c1cc(C)c(F)cc1Cl)c1cccc(C)c1Br. The number of aryl methyl sites for hydroxylation is 2. The maximum absolute atomic E-state index is 13.6. The van der Waals surface area contributed by atoms with E-state index in [1.807, 2.05) is 32.0 Å². The minimum atomic E-state index is -0.276. The van der Waals surface area contributed by atoms with Crippen molar-refractivity contribution >= 4 is 27.5 Å². The molecule has 0 aliphatic carbocycles. The highest BCUT2D eigenvalue weighted by Gasteiger charge is 2.20. The molecule has 112 valence electrons. The molecule has 0 heterocycles. The summed E-state index contributed by atoms with van der Waals surface area (Å²) in [7, 11) is 0. The van der Waals surface area contributed by atoms with Crippen LogP contribution in [-0.4, -0.2) is 6.54 Å². The van der Waals surface area contributed by atoms with Crippen LogP contribution in [0.25, 0.3) is 0 Å². The molecule has 0 saturated heterocycles. The fourth-order valence-electron chi connectivity index (χ4n) is 2.39. The van der Waals surface area contributed by atoms with Crippen molar-refractivity contribution in [3.05, 3.63) is 67.9 Å². The van der Waals surface area contributed by atoms with Gasteiger partial charge in [-0.05, 0) is 54.8 Å². The molecule has 0 amide bonds. The summed E-state index contributed by atoms with van der Waals surface area (Å²) in [5.74, 6) is -0.276. The van der Waals surface area contributed by atoms with Gasteiger partial charge in [0.15, 0.2) is 0 Å². The van der Waals surface area contributed by atoms with Gasteiger partial charge in [0.25, 0.3) is 0 Å². The number of hydrogen-bond donors (Lipinski definition) is 1. The van der Waals surface area contributed by atoms with Crippen molar-refractivity contribution in [3.8, 4) is 0 Å². The molecular formula is C17H18BrClFN. The monoisotopic (exact) mass is 369 g/mol. The van der Waals surface area contributed by atoms with Gasteiger partial charge in [0.2, 0.25) is 0 Å². The number of rotatable bonds is 4. The molecule has 21 heavy (non-hydrogen) atoms. The second-order valence-corrected chi connectivity index (χ2v) is 6.29. The first-order valence-corrected chi connectivity index (χ1v) is 8.06. The molecule has 0 aliphatic heterocycles. The fraction of sp³-hybridized carbons (Fsp3) is 0.294. The first kappa shape index (κ1) is 16.5. The highest BCUT2D eigenvalue weighted by Crippen LogP contribution is 2.35. The number of nitrogens with one attached hydrogen (secondary N) is 1. The standard InChI is InChI=1S/C17H18BrClFN/c1-4-21-17(12-7-5-6-10(2)16(12)18)13-8-11(3)15(20)9-14(13)19/h5-9,17,21H,4H2,1-3H3. The molecule has 0 aromatic heterocycles. The maximum atomic E-state index is 13.6. The third kappa shape index (κ3) is 3.47. The summed E-state index contributed by atoms with van der Waals surface area (Å²) < 4.78 is 14.7. The Labute approximate surface area is 138 Å². The van der Waals surface area contributed by atoms with Gasteiger partial charge < -0.3 is 5.32 Å². The third-order valence-corrected chi connectivity index (χ3v) is 4.94. The quantitative estimate of drug-likeness (QED) is 0.743. The van der Waals surface area contributed by atoms with E-state index in [1.54, 1.807) is 6.92 Å². The molecule has 0 fully saturated rings. The molecule has 0 spiro atoms. The topological polar surface area (TPSA) is 12.0 Å². The Morgan fingerprint density at radius 1 is 1.19 bits per heavy atom. The van der Waals surface area contributed by atoms with E-state index in [9.17, 15) is 4.39 Å². The average molecular weight is 371 g/mol. The highest BCUT2D eigenvalue weighted by atomic mass is 79.9. The second-order valence-electron chi connectivity index (χ2n) is 5.09. The van der Waals surface area contributed by atoms with Crippen LogP contribution in [-0.2, 0) is 0 Å². The van der Waals surface area contributed by atoms with Crippen LogP contribution in [0.5, 0.6) is 0 Å². The van der Waals surface area contributed by atoms with E-state index in [0.717, 1.165) is 27.7 Å². The van der Waals surface area contributed by atoms with E-state index >= 15 is 0 Å². The Kier molecular flexibility index (Phi) is 5.42. The second kappa shape index (κ2) is 6.91. The summed E-state index contributed by atoms with van der Waals surface area (Å²) in [6.45, 7) is 6.64. The Hall–Kier alpha value is -0.900. The van der Waals surface area contributed by atoms with Crippen LogP contribution in [0.1, 0.15) is 35.2 Å². The van der Waals surface area contributed by atoms with Crippen molar-refractivity contribution in [1.82, 2.24) is 5.32 Å². The Balaban J connectivity index is 2.59. The smallest absolute Gasteiger partial charge is 0.127 e. The minimum absolute atomic E-state index is 0.0731. The van der Waals surface area contributed by atoms with E-state index < -0.39 is 0 Å². The van der Waals surface area contributed by atoms with Gasteiger partial charge in [-0.2, -0.15) is 0 Å². The van der Waals surface area contributed by atoms with Gasteiger partial charge in [-0.3, -0.25) is 0 Å². The van der Waals surface area contributed by atoms with Gasteiger partial charge in [-0.15, -0.1) is 0 Å². The highest BCUT2D eigenvalue weighted by molar-refractivity contribution is 9.10. The molecule has 1 unspecified atom stereocenters. The summed E-state index contributed by atoms with van der Waals surface area (Å²) in [6, 6.07) is 9.26. The van der Waals surface area contributed by atoms with Crippen LogP contribution >= 0.6 is 27.5 Å². The summed E-state index contributed by atoms with van der Waals surface area (Å²) in [4.78, 5) is 0. The lowest BCUT2D eigenvalue weighted by Crippen LogP contribution is -2.23. The Bertz CT molecular complexity index is 657. The Morgan fingerprint density at radius 2 is 1.90 bits per heavy atom. The molecule has 4 heteroatoms. The van der Waals surface area contributed by atoms with Crippen LogP contribution < -0.4 is 5.32 Å². The summed E-state index contributed by atoms with van der Waals surface area (Å²) in [6.07, 6.45) is 0. The predicted molar refractivity (Wildman–Crippen MR) is 90.5 cm³/mol. The molecule has 0 saturated carbocycles. The first-order chi connectivity index (χ1) is 9.95. The first-order valence-electron chi connectivity index (χ1n) is 6.89. The van der Waals surface area contributed by atoms with Gasteiger partial charge in [0, 0.05) is 9.50 Å². The third-order valence-electron chi connectivity index (χ3n) is 3.53. The molecule has 1 atom stereocenters. The van der Waals surface area contributed by atoms with Gasteiger partial charge in [0.05, 0.1) is 6.04 Å². The lowest BCUT2D eigenvalue weighted by atomic mass is 9.95. The molecule has 2 aromatic rings. The van der Waals surface area contributed by atoms with E-state index in [0.29, 0.717) is 10.6 Å². The van der Waals surface area contributed by atoms with Crippen molar-refractivity contribution < 1.29 is 4.39 Å². The van der Waals surface area contributed by atoms with E-state index in [1.165, 1.54) is 6.07 Å². The average Bonchev–Trinajstić information content (AvgIpc) is 2.44. The van der Waals surface area contributed by atoms with Gasteiger partial charge >= 0.3 is 0 Å². The number of benzene rings is 2. The van der Waals surface area contributed by atoms with Gasteiger partial charge in [-0.25, -0.2) is 4.39 Å². The minimum Gasteiger partial charge on any atom is -0.306 e. The lowest BCUT2D eigenvalue weighted by Gasteiger charge is -2.23. The molecule has 1 N–H and O–H groups in total. The van der Waals surface area contributed by atoms with Crippen LogP contribution in [0.3, 0.4) is 0 Å². The summed E-state index contributed by atoms with van der Waals surface area (Å²) in [5.41, 5.74) is 3.75. The normalized spacial score (nSPS) is 12.5.